The van der Waals surface area contributed by atoms with E-state index in [-0.39, 0.29) is 17.7 Å². The van der Waals surface area contributed by atoms with E-state index in [4.69, 9.17) is 0 Å². The number of benzene rings is 2. The van der Waals surface area contributed by atoms with Crippen LogP contribution in [-0.2, 0) is 4.79 Å². The molecule has 0 radical (unpaired) electrons. The normalized spacial score (nSPS) is 16.5. The zero-order chi connectivity index (χ0) is 18.4. The molecular weight excluding hydrogens is 324 g/mol. The molecule has 0 spiro atoms. The molecule has 4 heteroatoms. The van der Waals surface area contributed by atoms with Crippen LogP contribution in [0.25, 0.3) is 0 Å². The van der Waals surface area contributed by atoms with E-state index in [1.54, 1.807) is 18.2 Å². The number of nitrogens with one attached hydrogen (secondary N) is 1. The Balaban J connectivity index is 1.85. The largest absolute Gasteiger partial charge is 0.324 e. The molecule has 1 unspecified atom stereocenters. The molecule has 1 amide bonds. The lowest BCUT2D eigenvalue weighted by Crippen LogP contribution is -2.38. The number of rotatable bonds is 5. The minimum atomic E-state index is -0.310. The lowest BCUT2D eigenvalue weighted by Gasteiger charge is -2.30. The topological polar surface area (TPSA) is 49.4 Å². The van der Waals surface area contributed by atoms with E-state index < -0.39 is 0 Å². The Kier molecular flexibility index (Phi) is 6.18. The molecule has 26 heavy (non-hydrogen) atoms. The van der Waals surface area contributed by atoms with Gasteiger partial charge in [0.25, 0.3) is 0 Å². The Morgan fingerprint density at radius 2 is 1.62 bits per heavy atom. The van der Waals surface area contributed by atoms with Crippen LogP contribution < -0.4 is 5.32 Å². The first-order valence-electron chi connectivity index (χ1n) is 9.36. The Labute approximate surface area is 155 Å². The maximum absolute atomic E-state index is 13.2. The summed E-state index contributed by atoms with van der Waals surface area (Å²) in [7, 11) is 0. The average molecular weight is 350 g/mol. The Morgan fingerprint density at radius 3 is 2.27 bits per heavy atom. The van der Waals surface area contributed by atoms with E-state index in [1.165, 1.54) is 19.8 Å². The van der Waals surface area contributed by atoms with Crippen molar-refractivity contribution in [2.45, 2.75) is 38.6 Å². The van der Waals surface area contributed by atoms with Crippen LogP contribution in [0.3, 0.4) is 0 Å². The van der Waals surface area contributed by atoms with E-state index in [1.807, 2.05) is 36.4 Å². The van der Waals surface area contributed by atoms with Crippen molar-refractivity contribution in [2.75, 3.05) is 18.4 Å². The molecule has 1 aliphatic rings. The van der Waals surface area contributed by atoms with Gasteiger partial charge in [0.05, 0.1) is 0 Å². The van der Waals surface area contributed by atoms with E-state index in [0.717, 1.165) is 31.5 Å². The average Bonchev–Trinajstić information content (AvgIpc) is 2.92. The van der Waals surface area contributed by atoms with E-state index >= 15 is 0 Å². The number of carbonyl (C=O) groups is 2. The smallest absolute Gasteiger partial charge is 0.246 e. The second kappa shape index (κ2) is 8.77. The number of likely N-dealkylation sites (tertiary alicyclic amines) is 1. The molecule has 136 valence electrons. The molecule has 1 atom stereocenters. The molecule has 0 aliphatic carbocycles. The minimum Gasteiger partial charge on any atom is -0.324 e. The van der Waals surface area contributed by atoms with E-state index in [0.29, 0.717) is 11.3 Å². The third kappa shape index (κ3) is 4.58. The highest BCUT2D eigenvalue weighted by Gasteiger charge is 2.28. The van der Waals surface area contributed by atoms with Crippen molar-refractivity contribution in [2.24, 2.45) is 0 Å². The van der Waals surface area contributed by atoms with Crippen LogP contribution >= 0.6 is 0 Å². The highest BCUT2D eigenvalue weighted by atomic mass is 16.2. The quantitative estimate of drug-likeness (QED) is 0.811. The molecule has 1 fully saturated rings. The molecular formula is C22H26N2O2. The second-order valence-corrected chi connectivity index (χ2v) is 6.89. The summed E-state index contributed by atoms with van der Waals surface area (Å²) in [6.07, 6.45) is 4.69. The number of nitrogens with zero attached hydrogens (tertiary/aromatic N) is 1. The summed E-state index contributed by atoms with van der Waals surface area (Å²) in [4.78, 5) is 27.1. The Morgan fingerprint density at radius 1 is 0.923 bits per heavy atom. The maximum atomic E-state index is 13.2. The van der Waals surface area contributed by atoms with Crippen molar-refractivity contribution < 1.29 is 9.59 Å². The number of hydrogen-bond acceptors (Lipinski definition) is 3. The molecule has 0 saturated carbocycles. The maximum Gasteiger partial charge on any atom is 0.246 e. The van der Waals surface area contributed by atoms with Gasteiger partial charge in [0, 0.05) is 11.3 Å². The summed E-state index contributed by atoms with van der Waals surface area (Å²) in [5, 5.41) is 3.02. The van der Waals surface area contributed by atoms with Crippen molar-refractivity contribution in [3.63, 3.8) is 0 Å². The van der Waals surface area contributed by atoms with Gasteiger partial charge in [-0.05, 0) is 50.6 Å². The summed E-state index contributed by atoms with van der Waals surface area (Å²) in [6, 6.07) is 16.8. The van der Waals surface area contributed by atoms with E-state index in [9.17, 15) is 9.59 Å². The Bertz CT molecular complexity index is 750. The number of ketones is 1. The summed E-state index contributed by atoms with van der Waals surface area (Å²) in [6.45, 7) is 3.39. The standard InChI is InChI=1S/C22H26N2O2/c1-17(25)19-12-9-13-20(16-19)23-22(26)21(18-10-5-4-6-11-18)24-14-7-2-3-8-15-24/h4-6,9-13,16,21H,2-3,7-8,14-15H2,1H3,(H,23,26). The summed E-state index contributed by atoms with van der Waals surface area (Å²) in [5.41, 5.74) is 2.28. The third-order valence-corrected chi connectivity index (χ3v) is 4.91. The van der Waals surface area contributed by atoms with Crippen molar-refractivity contribution in [3.8, 4) is 0 Å². The molecule has 2 aromatic carbocycles. The second-order valence-electron chi connectivity index (χ2n) is 6.89. The summed E-state index contributed by atoms with van der Waals surface area (Å²) < 4.78 is 0. The van der Waals surface area contributed by atoms with E-state index in [2.05, 4.69) is 10.2 Å². The number of Topliss-reactive ketones (excluding diaryl/α,β-unsaturated/α-hetero) is 1. The third-order valence-electron chi connectivity index (χ3n) is 4.91. The van der Waals surface area contributed by atoms with Crippen LogP contribution in [0.5, 0.6) is 0 Å². The van der Waals surface area contributed by atoms with Crippen molar-refractivity contribution >= 4 is 17.4 Å². The fourth-order valence-corrected chi connectivity index (χ4v) is 3.54. The van der Waals surface area contributed by atoms with Crippen LogP contribution in [0.15, 0.2) is 54.6 Å². The van der Waals surface area contributed by atoms with Crippen molar-refractivity contribution in [3.05, 3.63) is 65.7 Å². The van der Waals surface area contributed by atoms with Gasteiger partial charge in [-0.3, -0.25) is 14.5 Å². The van der Waals surface area contributed by atoms with Gasteiger partial charge in [-0.25, -0.2) is 0 Å². The van der Waals surface area contributed by atoms with Gasteiger partial charge in [0.1, 0.15) is 6.04 Å². The number of carbonyl (C=O) groups excluding carboxylic acids is 2. The van der Waals surface area contributed by atoms with Crippen LogP contribution in [0.2, 0.25) is 0 Å². The number of anilines is 1. The molecule has 0 bridgehead atoms. The molecule has 1 aliphatic heterocycles. The van der Waals surface area contributed by atoms with Gasteiger partial charge in [-0.2, -0.15) is 0 Å². The van der Waals surface area contributed by atoms with Gasteiger partial charge in [-0.15, -0.1) is 0 Å². The number of hydrogen-bond donors (Lipinski definition) is 1. The molecule has 1 saturated heterocycles. The fourth-order valence-electron chi connectivity index (χ4n) is 3.54. The molecule has 2 aromatic rings. The van der Waals surface area contributed by atoms with Gasteiger partial charge in [-0.1, -0.05) is 55.3 Å². The lowest BCUT2D eigenvalue weighted by atomic mass is 10.0. The predicted molar refractivity (Wildman–Crippen MR) is 104 cm³/mol. The molecule has 0 aromatic heterocycles. The Hall–Kier alpha value is -2.46. The summed E-state index contributed by atoms with van der Waals surface area (Å²) >= 11 is 0. The van der Waals surface area contributed by atoms with Gasteiger partial charge in [0.15, 0.2) is 5.78 Å². The van der Waals surface area contributed by atoms with Gasteiger partial charge in [0.2, 0.25) is 5.91 Å². The van der Waals surface area contributed by atoms with Gasteiger partial charge >= 0.3 is 0 Å². The molecule has 4 nitrogen and oxygen atoms in total. The van der Waals surface area contributed by atoms with Crippen molar-refractivity contribution in [1.82, 2.24) is 4.90 Å². The molecule has 1 N–H and O–H groups in total. The fraction of sp³-hybridized carbons (Fsp3) is 0.364. The summed E-state index contributed by atoms with van der Waals surface area (Å²) in [5.74, 6) is -0.0490. The number of amides is 1. The first-order chi connectivity index (χ1) is 12.6. The van der Waals surface area contributed by atoms with Crippen LogP contribution in [0.4, 0.5) is 5.69 Å². The van der Waals surface area contributed by atoms with Crippen LogP contribution in [0.1, 0.15) is 54.6 Å². The highest BCUT2D eigenvalue weighted by Crippen LogP contribution is 2.26. The monoisotopic (exact) mass is 350 g/mol. The first-order valence-corrected chi connectivity index (χ1v) is 9.36. The lowest BCUT2D eigenvalue weighted by molar-refractivity contribution is -0.121. The van der Waals surface area contributed by atoms with Crippen molar-refractivity contribution in [1.29, 1.82) is 0 Å². The SMILES string of the molecule is CC(=O)c1cccc(NC(=O)C(c2ccccc2)N2CCCCCC2)c1. The zero-order valence-electron chi connectivity index (χ0n) is 15.3. The van der Waals surface area contributed by atoms with Gasteiger partial charge < -0.3 is 5.32 Å². The highest BCUT2D eigenvalue weighted by molar-refractivity contribution is 5.98. The zero-order valence-corrected chi connectivity index (χ0v) is 15.3. The van der Waals surface area contributed by atoms with Crippen LogP contribution in [-0.4, -0.2) is 29.7 Å². The first kappa shape index (κ1) is 18.3. The minimum absolute atomic E-state index is 0.00627. The van der Waals surface area contributed by atoms with Crippen LogP contribution in [0, 0.1) is 0 Å². The molecule has 3 rings (SSSR count). The predicted octanol–water partition coefficient (Wildman–Crippen LogP) is 4.45. The molecule has 1 heterocycles.